The molecule has 0 aliphatic carbocycles. The summed E-state index contributed by atoms with van der Waals surface area (Å²) in [6.45, 7) is 0. The number of hydrogen-bond donors (Lipinski definition) is 2. The van der Waals surface area contributed by atoms with Gasteiger partial charge in [0, 0.05) is 5.39 Å². The van der Waals surface area contributed by atoms with Gasteiger partial charge in [-0.3, -0.25) is 0 Å². The van der Waals surface area contributed by atoms with Crippen LogP contribution in [0.1, 0.15) is 15.9 Å². The lowest BCUT2D eigenvalue weighted by Crippen LogP contribution is -1.96. The van der Waals surface area contributed by atoms with Crippen molar-refractivity contribution in [1.29, 1.82) is 5.26 Å². The second-order valence-electron chi connectivity index (χ2n) is 4.63. The Hall–Kier alpha value is -2.97. The Morgan fingerprint density at radius 1 is 1.27 bits per heavy atom. The van der Waals surface area contributed by atoms with Crippen molar-refractivity contribution in [2.24, 2.45) is 0 Å². The number of furan rings is 1. The van der Waals surface area contributed by atoms with E-state index in [0.717, 1.165) is 0 Å². The third kappa shape index (κ3) is 2.16. The van der Waals surface area contributed by atoms with Crippen LogP contribution in [0.15, 0.2) is 41.0 Å². The zero-order chi connectivity index (χ0) is 15.9. The fourth-order valence-corrected chi connectivity index (χ4v) is 2.54. The predicted molar refractivity (Wildman–Crippen MR) is 80.0 cm³/mol. The molecule has 2 N–H and O–H groups in total. The molecule has 0 aliphatic rings. The van der Waals surface area contributed by atoms with Gasteiger partial charge in [-0.25, -0.2) is 4.79 Å². The first-order chi connectivity index (χ1) is 10.5. The van der Waals surface area contributed by atoms with Crippen molar-refractivity contribution < 1.29 is 19.4 Å². The van der Waals surface area contributed by atoms with Crippen LogP contribution in [0.25, 0.3) is 22.1 Å². The number of hydrogen-bond acceptors (Lipinski definition) is 4. The number of aromatic hydroxyl groups is 1. The Balaban J connectivity index is 2.30. The SMILES string of the molecule is N#Cc1cc(-c2ccc(C(=O)O)c(O)c2)c2c(Cl)coc2c1. The molecule has 108 valence electrons. The van der Waals surface area contributed by atoms with Gasteiger partial charge in [0.1, 0.15) is 23.2 Å². The Morgan fingerprint density at radius 2 is 2.05 bits per heavy atom. The molecule has 5 nitrogen and oxygen atoms in total. The van der Waals surface area contributed by atoms with E-state index < -0.39 is 5.97 Å². The topological polar surface area (TPSA) is 94.5 Å². The van der Waals surface area contributed by atoms with Gasteiger partial charge in [-0.2, -0.15) is 5.26 Å². The van der Waals surface area contributed by atoms with Crippen LogP contribution in [-0.2, 0) is 0 Å². The van der Waals surface area contributed by atoms with Crippen LogP contribution >= 0.6 is 11.6 Å². The van der Waals surface area contributed by atoms with E-state index in [-0.39, 0.29) is 11.3 Å². The highest BCUT2D eigenvalue weighted by Gasteiger charge is 2.16. The molecule has 0 atom stereocenters. The molecule has 0 unspecified atom stereocenters. The van der Waals surface area contributed by atoms with E-state index in [9.17, 15) is 9.90 Å². The maximum absolute atomic E-state index is 11.0. The average molecular weight is 314 g/mol. The summed E-state index contributed by atoms with van der Waals surface area (Å²) in [4.78, 5) is 11.0. The third-order valence-corrected chi connectivity index (χ3v) is 3.58. The molecule has 0 aliphatic heterocycles. The van der Waals surface area contributed by atoms with Crippen LogP contribution in [0.5, 0.6) is 5.75 Å². The van der Waals surface area contributed by atoms with E-state index in [1.165, 1.54) is 18.4 Å². The first-order valence-electron chi connectivity index (χ1n) is 6.19. The van der Waals surface area contributed by atoms with Crippen LogP contribution in [0, 0.1) is 11.3 Å². The summed E-state index contributed by atoms with van der Waals surface area (Å²) in [6, 6.07) is 9.36. The third-order valence-electron chi connectivity index (χ3n) is 3.30. The van der Waals surface area contributed by atoms with Gasteiger partial charge >= 0.3 is 5.97 Å². The van der Waals surface area contributed by atoms with Crippen molar-refractivity contribution in [3.63, 3.8) is 0 Å². The maximum Gasteiger partial charge on any atom is 0.339 e. The molecule has 0 fully saturated rings. The number of benzene rings is 2. The molecule has 6 heteroatoms. The first-order valence-corrected chi connectivity index (χ1v) is 6.56. The van der Waals surface area contributed by atoms with Gasteiger partial charge in [0.15, 0.2) is 0 Å². The van der Waals surface area contributed by atoms with Crippen molar-refractivity contribution >= 4 is 28.5 Å². The van der Waals surface area contributed by atoms with Gasteiger partial charge in [-0.05, 0) is 35.4 Å². The number of carboxylic acid groups (broad SMARTS) is 1. The molecular formula is C16H8ClNO4. The molecule has 0 saturated carbocycles. The Morgan fingerprint density at radius 3 is 2.68 bits per heavy atom. The largest absolute Gasteiger partial charge is 0.507 e. The number of fused-ring (bicyclic) bond motifs is 1. The summed E-state index contributed by atoms with van der Waals surface area (Å²) in [7, 11) is 0. The molecule has 2 aromatic carbocycles. The summed E-state index contributed by atoms with van der Waals surface area (Å²) in [6.07, 6.45) is 1.36. The number of carboxylic acids is 1. The smallest absolute Gasteiger partial charge is 0.339 e. The van der Waals surface area contributed by atoms with Crippen LogP contribution in [0.2, 0.25) is 5.02 Å². The Labute approximate surface area is 129 Å². The molecule has 0 spiro atoms. The zero-order valence-corrected chi connectivity index (χ0v) is 11.8. The highest BCUT2D eigenvalue weighted by Crippen LogP contribution is 2.37. The number of nitrogens with zero attached hydrogens (tertiary/aromatic N) is 1. The summed E-state index contributed by atoms with van der Waals surface area (Å²) in [5.74, 6) is -1.58. The molecule has 0 saturated heterocycles. The van der Waals surface area contributed by atoms with Crippen LogP contribution in [-0.4, -0.2) is 16.2 Å². The molecule has 22 heavy (non-hydrogen) atoms. The van der Waals surface area contributed by atoms with Gasteiger partial charge < -0.3 is 14.6 Å². The Kier molecular flexibility index (Phi) is 3.24. The van der Waals surface area contributed by atoms with Crippen LogP contribution in [0.4, 0.5) is 0 Å². The van der Waals surface area contributed by atoms with Gasteiger partial charge in [0.2, 0.25) is 0 Å². The van der Waals surface area contributed by atoms with E-state index >= 15 is 0 Å². The lowest BCUT2D eigenvalue weighted by atomic mass is 9.98. The normalized spacial score (nSPS) is 10.5. The second-order valence-corrected chi connectivity index (χ2v) is 5.04. The van der Waals surface area contributed by atoms with Crippen LogP contribution < -0.4 is 0 Å². The molecular weight excluding hydrogens is 306 g/mol. The number of nitriles is 1. The summed E-state index contributed by atoms with van der Waals surface area (Å²) in [5, 5.41) is 28.9. The molecule has 1 aromatic heterocycles. The van der Waals surface area contributed by atoms with E-state index in [0.29, 0.717) is 32.7 Å². The number of carbonyl (C=O) groups is 1. The Bertz CT molecular complexity index is 953. The minimum absolute atomic E-state index is 0.199. The predicted octanol–water partition coefficient (Wildman–Crippen LogP) is 4.03. The van der Waals surface area contributed by atoms with Gasteiger partial charge in [-0.15, -0.1) is 0 Å². The second kappa shape index (κ2) is 5.10. The van der Waals surface area contributed by atoms with E-state index in [1.807, 2.05) is 6.07 Å². The van der Waals surface area contributed by atoms with Gasteiger partial charge in [0.25, 0.3) is 0 Å². The summed E-state index contributed by atoms with van der Waals surface area (Å²) in [5.41, 5.74) is 1.74. The number of halogens is 1. The average Bonchev–Trinajstić information content (AvgIpc) is 2.87. The number of aromatic carboxylic acids is 1. The fourth-order valence-electron chi connectivity index (χ4n) is 2.30. The van der Waals surface area contributed by atoms with Crippen molar-refractivity contribution in [2.75, 3.05) is 0 Å². The quantitative estimate of drug-likeness (QED) is 0.744. The van der Waals surface area contributed by atoms with Gasteiger partial charge in [-0.1, -0.05) is 17.7 Å². The zero-order valence-electron chi connectivity index (χ0n) is 11.0. The van der Waals surface area contributed by atoms with Gasteiger partial charge in [0.05, 0.1) is 16.7 Å². The summed E-state index contributed by atoms with van der Waals surface area (Å²) < 4.78 is 5.31. The van der Waals surface area contributed by atoms with Crippen molar-refractivity contribution in [1.82, 2.24) is 0 Å². The standard InChI is InChI=1S/C16H8ClNO4/c17-12-7-22-14-4-8(6-18)3-11(15(12)14)9-1-2-10(16(20)21)13(19)5-9/h1-5,7,19H,(H,20,21). The lowest BCUT2D eigenvalue weighted by Gasteiger charge is -2.07. The maximum atomic E-state index is 11.0. The van der Waals surface area contributed by atoms with E-state index in [4.69, 9.17) is 26.4 Å². The highest BCUT2D eigenvalue weighted by molar-refractivity contribution is 6.36. The molecule has 3 aromatic rings. The van der Waals surface area contributed by atoms with E-state index in [1.54, 1.807) is 18.2 Å². The van der Waals surface area contributed by atoms with E-state index in [2.05, 4.69) is 0 Å². The molecule has 0 bridgehead atoms. The lowest BCUT2D eigenvalue weighted by molar-refractivity contribution is 0.0694. The fraction of sp³-hybridized carbons (Fsp3) is 0. The monoisotopic (exact) mass is 313 g/mol. The molecule has 0 radical (unpaired) electrons. The number of rotatable bonds is 2. The van der Waals surface area contributed by atoms with Crippen LogP contribution in [0.3, 0.4) is 0 Å². The summed E-state index contributed by atoms with van der Waals surface area (Å²) >= 11 is 6.11. The van der Waals surface area contributed by atoms with Crippen molar-refractivity contribution in [3.8, 4) is 22.9 Å². The molecule has 0 amide bonds. The molecule has 1 heterocycles. The highest BCUT2D eigenvalue weighted by atomic mass is 35.5. The van der Waals surface area contributed by atoms with Crippen molar-refractivity contribution in [3.05, 3.63) is 52.7 Å². The number of phenols is 1. The first kappa shape index (κ1) is 14.0. The minimum Gasteiger partial charge on any atom is -0.507 e. The van der Waals surface area contributed by atoms with Crippen molar-refractivity contribution in [2.45, 2.75) is 0 Å². The minimum atomic E-state index is -1.22. The molecule has 3 rings (SSSR count).